The Hall–Kier alpha value is -3.45. The van der Waals surface area contributed by atoms with Crippen LogP contribution in [-0.4, -0.2) is 41.7 Å². The maximum absolute atomic E-state index is 12.7. The molecule has 1 unspecified atom stereocenters. The molecule has 3 rings (SSSR count). The second kappa shape index (κ2) is 9.84. The second-order valence-corrected chi connectivity index (χ2v) is 7.13. The molecule has 0 fully saturated rings. The van der Waals surface area contributed by atoms with Crippen molar-refractivity contribution in [1.29, 1.82) is 0 Å². The number of benzene rings is 2. The zero-order chi connectivity index (χ0) is 21.5. The predicted molar refractivity (Wildman–Crippen MR) is 115 cm³/mol. The molecule has 1 aromatic heterocycles. The largest absolute Gasteiger partial charge is 0.508 e. The number of hydrogen-bond donors (Lipinski definition) is 3. The lowest BCUT2D eigenvalue weighted by Crippen LogP contribution is -2.43. The molecular weight excluding hydrogens is 382 g/mol. The molecule has 0 bridgehead atoms. The molecule has 2 aromatic carbocycles. The molecular formula is C23H25N3O4. The molecule has 7 nitrogen and oxygen atoms in total. The van der Waals surface area contributed by atoms with Gasteiger partial charge in [-0.05, 0) is 36.2 Å². The quantitative estimate of drug-likeness (QED) is 0.497. The predicted octanol–water partition coefficient (Wildman–Crippen LogP) is 2.89. The average Bonchev–Trinajstić information content (AvgIpc) is 2.77. The van der Waals surface area contributed by atoms with Crippen LogP contribution < -0.4 is 10.6 Å². The van der Waals surface area contributed by atoms with Gasteiger partial charge in [0.25, 0.3) is 0 Å². The molecule has 1 heterocycles. The molecule has 0 aliphatic heterocycles. The molecule has 0 aliphatic rings. The van der Waals surface area contributed by atoms with Crippen molar-refractivity contribution in [3.8, 4) is 5.75 Å². The van der Waals surface area contributed by atoms with Gasteiger partial charge >= 0.3 is 5.97 Å². The van der Waals surface area contributed by atoms with E-state index in [1.165, 1.54) is 7.11 Å². The molecule has 0 saturated carbocycles. The summed E-state index contributed by atoms with van der Waals surface area (Å²) in [5, 5.41) is 16.4. The van der Waals surface area contributed by atoms with Crippen LogP contribution >= 0.6 is 0 Å². The van der Waals surface area contributed by atoms with E-state index in [-0.39, 0.29) is 11.7 Å². The number of nitrogens with one attached hydrogen (secondary N) is 2. The molecule has 0 saturated heterocycles. The zero-order valence-corrected chi connectivity index (χ0v) is 17.0. The minimum Gasteiger partial charge on any atom is -0.508 e. The third kappa shape index (κ3) is 5.33. The summed E-state index contributed by atoms with van der Waals surface area (Å²) in [5.41, 5.74) is 2.25. The third-order valence-electron chi connectivity index (χ3n) is 4.87. The van der Waals surface area contributed by atoms with Gasteiger partial charge in [-0.3, -0.25) is 14.6 Å². The summed E-state index contributed by atoms with van der Waals surface area (Å²) in [6.45, 7) is 2.08. The van der Waals surface area contributed by atoms with Crippen LogP contribution in [0.4, 0.5) is 5.69 Å². The van der Waals surface area contributed by atoms with Gasteiger partial charge in [-0.15, -0.1) is 0 Å². The van der Waals surface area contributed by atoms with Crippen molar-refractivity contribution in [2.75, 3.05) is 19.0 Å². The Morgan fingerprint density at radius 2 is 1.83 bits per heavy atom. The Morgan fingerprint density at radius 1 is 1.10 bits per heavy atom. The number of esters is 1. The number of amides is 1. The molecule has 1 amide bonds. The summed E-state index contributed by atoms with van der Waals surface area (Å²) in [7, 11) is 1.33. The Kier molecular flexibility index (Phi) is 6.98. The highest BCUT2D eigenvalue weighted by molar-refractivity contribution is 6.01. The van der Waals surface area contributed by atoms with E-state index in [4.69, 9.17) is 4.74 Å². The molecule has 0 aliphatic carbocycles. The van der Waals surface area contributed by atoms with Gasteiger partial charge in [0, 0.05) is 24.0 Å². The van der Waals surface area contributed by atoms with E-state index in [0.29, 0.717) is 18.7 Å². The first-order valence-electron chi connectivity index (χ1n) is 9.71. The van der Waals surface area contributed by atoms with Gasteiger partial charge in [0.05, 0.1) is 18.3 Å². The Bertz CT molecular complexity index is 1020. The molecule has 0 spiro atoms. The summed E-state index contributed by atoms with van der Waals surface area (Å²) in [5.74, 6) is -0.812. The molecule has 30 heavy (non-hydrogen) atoms. The first-order chi connectivity index (χ1) is 14.5. The Balaban J connectivity index is 1.62. The third-order valence-corrected chi connectivity index (χ3v) is 4.87. The monoisotopic (exact) mass is 407 g/mol. The number of hydrogen-bond acceptors (Lipinski definition) is 6. The molecule has 2 atom stereocenters. The fraction of sp³-hybridized carbons (Fsp3) is 0.261. The highest BCUT2D eigenvalue weighted by atomic mass is 16.5. The van der Waals surface area contributed by atoms with Crippen molar-refractivity contribution in [1.82, 2.24) is 10.3 Å². The van der Waals surface area contributed by atoms with Gasteiger partial charge in [0.15, 0.2) is 0 Å². The highest BCUT2D eigenvalue weighted by Gasteiger charge is 2.22. The van der Waals surface area contributed by atoms with Crippen LogP contribution in [0, 0.1) is 5.92 Å². The number of para-hydroxylation sites is 1. The van der Waals surface area contributed by atoms with E-state index >= 15 is 0 Å². The van der Waals surface area contributed by atoms with Gasteiger partial charge in [0.1, 0.15) is 11.8 Å². The summed E-state index contributed by atoms with van der Waals surface area (Å²) in [4.78, 5) is 29.2. The number of ether oxygens (including phenoxy) is 1. The van der Waals surface area contributed by atoms with Crippen LogP contribution in [0.15, 0.2) is 60.8 Å². The number of anilines is 1. The lowest BCUT2D eigenvalue weighted by atomic mass is 10.0. The van der Waals surface area contributed by atoms with Crippen molar-refractivity contribution >= 4 is 28.5 Å². The van der Waals surface area contributed by atoms with Gasteiger partial charge in [-0.2, -0.15) is 0 Å². The van der Waals surface area contributed by atoms with Gasteiger partial charge < -0.3 is 20.5 Å². The molecule has 3 N–H and O–H groups in total. The summed E-state index contributed by atoms with van der Waals surface area (Å²) >= 11 is 0. The lowest BCUT2D eigenvalue weighted by Gasteiger charge is -2.19. The minimum absolute atomic E-state index is 0.162. The van der Waals surface area contributed by atoms with Gasteiger partial charge in [-0.1, -0.05) is 37.3 Å². The number of fused-ring (bicyclic) bond motifs is 1. The summed E-state index contributed by atoms with van der Waals surface area (Å²) < 4.78 is 4.89. The highest BCUT2D eigenvalue weighted by Crippen LogP contribution is 2.21. The van der Waals surface area contributed by atoms with Crippen LogP contribution in [0.25, 0.3) is 10.9 Å². The maximum Gasteiger partial charge on any atom is 0.323 e. The van der Waals surface area contributed by atoms with E-state index in [1.807, 2.05) is 30.3 Å². The normalized spacial score (nSPS) is 12.9. The van der Waals surface area contributed by atoms with Crippen LogP contribution in [0.1, 0.15) is 12.5 Å². The topological polar surface area (TPSA) is 101 Å². The smallest absolute Gasteiger partial charge is 0.323 e. The standard InChI is InChI=1S/C23H25N3O4/c1-15(22(28)26-19-7-3-5-17-6-4-12-24-21(17)19)14-25-20(23(29)30-2)13-16-8-10-18(27)11-9-16/h3-12,15,20,25,27H,13-14H2,1-2H3,(H,26,28)/t15-,20?/m1/s1. The number of pyridine rings is 1. The van der Waals surface area contributed by atoms with Crippen molar-refractivity contribution in [3.05, 3.63) is 66.4 Å². The maximum atomic E-state index is 12.7. The number of carbonyl (C=O) groups is 2. The van der Waals surface area contributed by atoms with Crippen LogP contribution in [0.5, 0.6) is 5.75 Å². The van der Waals surface area contributed by atoms with Crippen molar-refractivity contribution in [3.63, 3.8) is 0 Å². The SMILES string of the molecule is COC(=O)C(Cc1ccc(O)cc1)NC[C@@H](C)C(=O)Nc1cccc2cccnc12. The number of aromatic hydroxyl groups is 1. The molecule has 7 heteroatoms. The molecule has 3 aromatic rings. The number of phenolic OH excluding ortho intramolecular Hbond substituents is 1. The first-order valence-corrected chi connectivity index (χ1v) is 9.71. The van der Waals surface area contributed by atoms with Gasteiger partial charge in [0.2, 0.25) is 5.91 Å². The number of phenols is 1. The van der Waals surface area contributed by atoms with Crippen LogP contribution in [-0.2, 0) is 20.7 Å². The average molecular weight is 407 g/mol. The summed E-state index contributed by atoms with van der Waals surface area (Å²) in [6.07, 6.45) is 2.07. The molecule has 0 radical (unpaired) electrons. The van der Waals surface area contributed by atoms with Gasteiger partial charge in [-0.25, -0.2) is 0 Å². The number of aromatic nitrogens is 1. The van der Waals surface area contributed by atoms with Crippen molar-refractivity contribution in [2.45, 2.75) is 19.4 Å². The van der Waals surface area contributed by atoms with Crippen molar-refractivity contribution in [2.24, 2.45) is 5.92 Å². The first kappa shape index (κ1) is 21.3. The number of nitrogens with zero attached hydrogens (tertiary/aromatic N) is 1. The number of methoxy groups -OCH3 is 1. The zero-order valence-electron chi connectivity index (χ0n) is 17.0. The van der Waals surface area contributed by atoms with Crippen LogP contribution in [0.2, 0.25) is 0 Å². The van der Waals surface area contributed by atoms with E-state index < -0.39 is 17.9 Å². The van der Waals surface area contributed by atoms with E-state index in [9.17, 15) is 14.7 Å². The lowest BCUT2D eigenvalue weighted by molar-refractivity contribution is -0.143. The Morgan fingerprint density at radius 3 is 2.57 bits per heavy atom. The molecule has 156 valence electrons. The fourth-order valence-electron chi connectivity index (χ4n) is 3.12. The fourth-order valence-corrected chi connectivity index (χ4v) is 3.12. The van der Waals surface area contributed by atoms with Crippen molar-refractivity contribution < 1.29 is 19.4 Å². The minimum atomic E-state index is -0.603. The summed E-state index contributed by atoms with van der Waals surface area (Å²) in [6, 6.07) is 15.4. The number of carbonyl (C=O) groups excluding carboxylic acids is 2. The second-order valence-electron chi connectivity index (χ2n) is 7.13. The van der Waals surface area contributed by atoms with Crippen LogP contribution in [0.3, 0.4) is 0 Å². The van der Waals surface area contributed by atoms with E-state index in [0.717, 1.165) is 16.5 Å². The Labute approximate surface area is 175 Å². The number of rotatable bonds is 8. The van der Waals surface area contributed by atoms with E-state index in [2.05, 4.69) is 15.6 Å². The van der Waals surface area contributed by atoms with E-state index in [1.54, 1.807) is 37.4 Å².